The van der Waals surface area contributed by atoms with Crippen LogP contribution in [-0.4, -0.2) is 12.4 Å². The summed E-state index contributed by atoms with van der Waals surface area (Å²) in [6, 6.07) is 4.47. The third-order valence-electron chi connectivity index (χ3n) is 1.80. The fourth-order valence-corrected chi connectivity index (χ4v) is 1.55. The average Bonchev–Trinajstić information content (AvgIpc) is 2.16. The van der Waals surface area contributed by atoms with E-state index < -0.39 is 12.4 Å². The van der Waals surface area contributed by atoms with E-state index in [0.29, 0.717) is 4.47 Å². The Morgan fingerprint density at radius 1 is 1.56 bits per heavy atom. The Kier molecular flexibility index (Phi) is 3.96. The van der Waals surface area contributed by atoms with Gasteiger partial charge < -0.3 is 4.74 Å². The predicted molar refractivity (Wildman–Crippen MR) is 55.5 cm³/mol. The molecular weight excluding hydrogens is 284 g/mol. The number of ketones is 1. The maximum atomic E-state index is 12.2. The molecule has 0 amide bonds. The number of benzene rings is 1. The van der Waals surface area contributed by atoms with Crippen LogP contribution >= 0.6 is 15.9 Å². The van der Waals surface area contributed by atoms with Crippen LogP contribution in [0.2, 0.25) is 0 Å². The van der Waals surface area contributed by atoms with Crippen molar-refractivity contribution >= 4 is 21.7 Å². The van der Waals surface area contributed by atoms with Crippen molar-refractivity contribution in [1.82, 2.24) is 0 Å². The van der Waals surface area contributed by atoms with Gasteiger partial charge in [-0.1, -0.05) is 0 Å². The van der Waals surface area contributed by atoms with Gasteiger partial charge in [-0.2, -0.15) is 14.0 Å². The van der Waals surface area contributed by atoms with Gasteiger partial charge in [-0.15, -0.1) is 0 Å². The summed E-state index contributed by atoms with van der Waals surface area (Å²) in [4.78, 5) is 11.2. The van der Waals surface area contributed by atoms with Gasteiger partial charge in [-0.05, 0) is 35.0 Å². The lowest BCUT2D eigenvalue weighted by Gasteiger charge is -2.11. The third kappa shape index (κ3) is 2.55. The Hall–Kier alpha value is -1.48. The number of carbonyl (C=O) groups excluding carboxylic acids is 1. The molecule has 6 heteroatoms. The summed E-state index contributed by atoms with van der Waals surface area (Å²) >= 11 is 3.02. The molecule has 1 aromatic rings. The molecule has 0 aromatic heterocycles. The van der Waals surface area contributed by atoms with Gasteiger partial charge in [-0.3, -0.25) is 4.79 Å². The van der Waals surface area contributed by atoms with E-state index in [1.165, 1.54) is 19.1 Å². The SMILES string of the molecule is CC(=O)c1ccc(Br)c(C#N)c1OC(F)F. The molecule has 84 valence electrons. The second-order valence-corrected chi connectivity index (χ2v) is 3.70. The normalized spacial score (nSPS) is 10.0. The van der Waals surface area contributed by atoms with Crippen LogP contribution in [0.15, 0.2) is 16.6 Å². The van der Waals surface area contributed by atoms with Crippen molar-refractivity contribution < 1.29 is 18.3 Å². The van der Waals surface area contributed by atoms with Crippen LogP contribution < -0.4 is 4.74 Å². The molecule has 0 N–H and O–H groups in total. The maximum Gasteiger partial charge on any atom is 0.387 e. The molecule has 0 aliphatic carbocycles. The van der Waals surface area contributed by atoms with E-state index in [4.69, 9.17) is 5.26 Å². The van der Waals surface area contributed by atoms with Crippen LogP contribution in [0, 0.1) is 11.3 Å². The zero-order valence-electron chi connectivity index (χ0n) is 8.13. The monoisotopic (exact) mass is 289 g/mol. The number of nitrogens with zero attached hydrogens (tertiary/aromatic N) is 1. The molecule has 0 radical (unpaired) electrons. The number of carbonyl (C=O) groups is 1. The first-order valence-corrected chi connectivity index (χ1v) is 4.95. The number of rotatable bonds is 3. The van der Waals surface area contributed by atoms with Crippen LogP contribution in [-0.2, 0) is 0 Å². The predicted octanol–water partition coefficient (Wildman–Crippen LogP) is 3.12. The minimum Gasteiger partial charge on any atom is -0.433 e. The molecule has 0 atom stereocenters. The molecular formula is C10H6BrF2NO2. The highest BCUT2D eigenvalue weighted by molar-refractivity contribution is 9.10. The van der Waals surface area contributed by atoms with Crippen LogP contribution in [0.25, 0.3) is 0 Å². The maximum absolute atomic E-state index is 12.2. The Morgan fingerprint density at radius 2 is 2.19 bits per heavy atom. The van der Waals surface area contributed by atoms with Gasteiger partial charge in [0.25, 0.3) is 0 Å². The second kappa shape index (κ2) is 5.03. The molecule has 1 aromatic carbocycles. The lowest BCUT2D eigenvalue weighted by Crippen LogP contribution is -2.08. The summed E-state index contributed by atoms with van der Waals surface area (Å²) in [5.41, 5.74) is -0.159. The van der Waals surface area contributed by atoms with Crippen molar-refractivity contribution in [3.63, 3.8) is 0 Å². The van der Waals surface area contributed by atoms with E-state index in [0.717, 1.165) is 0 Å². The molecule has 0 spiro atoms. The van der Waals surface area contributed by atoms with Gasteiger partial charge in [0, 0.05) is 4.47 Å². The highest BCUT2D eigenvalue weighted by Crippen LogP contribution is 2.31. The number of alkyl halides is 2. The minimum absolute atomic E-state index is 0.0416. The summed E-state index contributed by atoms with van der Waals surface area (Å²) < 4.78 is 28.8. The standard InChI is InChI=1S/C10H6BrF2NO2/c1-5(15)6-2-3-8(11)7(4-14)9(6)16-10(12)13/h2-3,10H,1H3. The number of Topliss-reactive ketones (excluding diaryl/α,β-unsaturated/α-hetero) is 1. The Bertz CT molecular complexity index is 469. The molecule has 0 saturated carbocycles. The van der Waals surface area contributed by atoms with E-state index in [9.17, 15) is 13.6 Å². The van der Waals surface area contributed by atoms with Crippen LogP contribution in [0.1, 0.15) is 22.8 Å². The van der Waals surface area contributed by atoms with Crippen molar-refractivity contribution in [1.29, 1.82) is 5.26 Å². The smallest absolute Gasteiger partial charge is 0.387 e. The zero-order chi connectivity index (χ0) is 12.3. The summed E-state index contributed by atoms with van der Waals surface area (Å²) in [6.45, 7) is -1.87. The van der Waals surface area contributed by atoms with Gasteiger partial charge in [0.2, 0.25) is 0 Å². The molecule has 0 bridgehead atoms. The van der Waals surface area contributed by atoms with E-state index in [1.54, 1.807) is 6.07 Å². The molecule has 0 aliphatic rings. The van der Waals surface area contributed by atoms with Gasteiger partial charge in [0.05, 0.1) is 5.56 Å². The molecule has 0 heterocycles. The summed E-state index contributed by atoms with van der Waals surface area (Å²) in [7, 11) is 0. The largest absolute Gasteiger partial charge is 0.433 e. The van der Waals surface area contributed by atoms with Crippen molar-refractivity contribution in [2.24, 2.45) is 0 Å². The molecule has 0 aliphatic heterocycles. The molecule has 0 unspecified atom stereocenters. The highest BCUT2D eigenvalue weighted by Gasteiger charge is 2.19. The fourth-order valence-electron chi connectivity index (χ4n) is 1.15. The first kappa shape index (κ1) is 12.6. The molecule has 0 saturated heterocycles. The van der Waals surface area contributed by atoms with Crippen molar-refractivity contribution in [2.75, 3.05) is 0 Å². The van der Waals surface area contributed by atoms with Crippen molar-refractivity contribution in [3.8, 4) is 11.8 Å². The summed E-state index contributed by atoms with van der Waals surface area (Å²) in [5, 5.41) is 8.80. The Balaban J connectivity index is 3.42. The van der Waals surface area contributed by atoms with E-state index in [1.807, 2.05) is 0 Å². The number of ether oxygens (including phenoxy) is 1. The third-order valence-corrected chi connectivity index (χ3v) is 2.47. The van der Waals surface area contributed by atoms with Gasteiger partial charge in [0.15, 0.2) is 11.5 Å². The molecule has 3 nitrogen and oxygen atoms in total. The van der Waals surface area contributed by atoms with E-state index in [-0.39, 0.29) is 16.9 Å². The molecule has 16 heavy (non-hydrogen) atoms. The fraction of sp³-hybridized carbons (Fsp3) is 0.200. The van der Waals surface area contributed by atoms with E-state index in [2.05, 4.69) is 20.7 Å². The first-order chi connectivity index (χ1) is 7.47. The number of halogens is 3. The lowest BCUT2D eigenvalue weighted by molar-refractivity contribution is -0.0503. The van der Waals surface area contributed by atoms with Gasteiger partial charge >= 0.3 is 6.61 Å². The lowest BCUT2D eigenvalue weighted by atomic mass is 10.1. The number of hydrogen-bond acceptors (Lipinski definition) is 3. The average molecular weight is 290 g/mol. The Labute approximate surface area is 98.8 Å². The topological polar surface area (TPSA) is 50.1 Å². The van der Waals surface area contributed by atoms with Crippen LogP contribution in [0.3, 0.4) is 0 Å². The van der Waals surface area contributed by atoms with Gasteiger partial charge in [-0.25, -0.2) is 0 Å². The summed E-state index contributed by atoms with van der Waals surface area (Å²) in [5.74, 6) is -0.834. The second-order valence-electron chi connectivity index (χ2n) is 2.85. The van der Waals surface area contributed by atoms with Crippen LogP contribution in [0.4, 0.5) is 8.78 Å². The minimum atomic E-state index is -3.08. The van der Waals surface area contributed by atoms with E-state index >= 15 is 0 Å². The quantitative estimate of drug-likeness (QED) is 0.804. The van der Waals surface area contributed by atoms with Gasteiger partial charge in [0.1, 0.15) is 11.6 Å². The highest BCUT2D eigenvalue weighted by atomic mass is 79.9. The molecule has 0 fully saturated rings. The summed E-state index contributed by atoms with van der Waals surface area (Å²) in [6.07, 6.45) is 0. The molecule has 1 rings (SSSR count). The number of hydrogen-bond donors (Lipinski definition) is 0. The first-order valence-electron chi connectivity index (χ1n) is 4.15. The van der Waals surface area contributed by atoms with Crippen molar-refractivity contribution in [2.45, 2.75) is 13.5 Å². The van der Waals surface area contributed by atoms with Crippen molar-refractivity contribution in [3.05, 3.63) is 27.7 Å². The number of nitriles is 1. The zero-order valence-corrected chi connectivity index (χ0v) is 9.72. The Morgan fingerprint density at radius 3 is 2.62 bits per heavy atom. The van der Waals surface area contributed by atoms with Crippen LogP contribution in [0.5, 0.6) is 5.75 Å².